The number of nitrogens with zero attached hydrogens (tertiary/aromatic N) is 3. The van der Waals surface area contributed by atoms with Crippen molar-refractivity contribution in [1.82, 2.24) is 110 Å². The van der Waals surface area contributed by atoms with Crippen LogP contribution in [0.5, 0.6) is 0 Å². The smallest absolute Gasteiger partial charge is 0.244 e. The molecule has 0 aliphatic carbocycles. The number of carbonyl (C=O) groups is 18. The Bertz CT molecular complexity index is 3850. The summed E-state index contributed by atoms with van der Waals surface area (Å²) >= 11 is 4.83. The van der Waals surface area contributed by atoms with E-state index in [9.17, 15) is 96.5 Å². The van der Waals surface area contributed by atoms with Crippen molar-refractivity contribution in [3.05, 3.63) is 54.7 Å². The molecule has 50 heteroatoms. The number of imidazole rings is 3. The summed E-state index contributed by atoms with van der Waals surface area (Å²) in [4.78, 5) is 249. The van der Waals surface area contributed by atoms with Gasteiger partial charge in [0.05, 0.1) is 31.2 Å². The van der Waals surface area contributed by atoms with Crippen LogP contribution < -0.4 is 97.0 Å². The molecule has 3 fully saturated rings. The summed E-state index contributed by atoms with van der Waals surface area (Å²) in [7, 11) is 2.35. The third kappa shape index (κ3) is 37.8. The SMILES string of the molecule is CC(=O)NC1CSCC(O)CSCC(C(N)=O)NC(=O)[C@H](C(C)C)NC(=O)[C@H](C)NC(=O)[C@H](Cc2cnc[nH]2)NC1=O.CC(=O)NC1CSCC(O)CSCC(C(N)=O)NC(=O)[C@H](C(C)C)NC(=O)[C@H](C)NC(=O)[C@H](Cc2cnc[nH]2)NC1=O.CC(=O)N[C@H]1CSSC[C@@H](C(N)=O)NC(=O)[C@H](C(C)C)NC(=O)[C@H](C)NC(=O)[C@H](Cc2cnc[nH]2)NC1=O. The predicted molar refractivity (Wildman–Crippen MR) is 458 cm³/mol. The van der Waals surface area contributed by atoms with Gasteiger partial charge in [-0.15, -0.1) is 0 Å². The Labute approximate surface area is 729 Å². The number of thioether (sulfide) groups is 4. The number of nitrogens with two attached hydrogens (primary N) is 3. The topological polar surface area (TPSA) is 692 Å². The van der Waals surface area contributed by atoms with E-state index in [1.54, 1.807) is 41.5 Å². The molecule has 0 saturated carbocycles. The van der Waals surface area contributed by atoms with E-state index >= 15 is 0 Å². The molecule has 17 atom stereocenters. The number of H-pyrrole nitrogens is 3. The van der Waals surface area contributed by atoms with Gasteiger partial charge in [-0.05, 0) is 38.5 Å². The molecular formula is C72H114N24O20S6. The summed E-state index contributed by atoms with van der Waals surface area (Å²) in [6.07, 6.45) is 7.10. The summed E-state index contributed by atoms with van der Waals surface area (Å²) in [6.45, 7) is 18.3. The van der Waals surface area contributed by atoms with Crippen LogP contribution in [0.25, 0.3) is 0 Å². The number of hydrogen-bond donors (Lipinski definition) is 23. The van der Waals surface area contributed by atoms with Gasteiger partial charge in [0, 0.05) is 133 Å². The van der Waals surface area contributed by atoms with Crippen molar-refractivity contribution in [3.8, 4) is 0 Å². The van der Waals surface area contributed by atoms with Gasteiger partial charge in [0.15, 0.2) is 0 Å². The summed E-state index contributed by atoms with van der Waals surface area (Å²) in [5, 5.41) is 59.7. The van der Waals surface area contributed by atoms with E-state index in [4.69, 9.17) is 17.2 Å². The second kappa shape index (κ2) is 53.2. The minimum absolute atomic E-state index is 0.00726. The van der Waals surface area contributed by atoms with E-state index < -0.39 is 209 Å². The van der Waals surface area contributed by atoms with E-state index in [0.717, 1.165) is 0 Å². The Morgan fingerprint density at radius 2 is 0.607 bits per heavy atom. The summed E-state index contributed by atoms with van der Waals surface area (Å²) in [5.41, 5.74) is 18.1. The zero-order valence-corrected chi connectivity index (χ0v) is 74.4. The highest BCUT2D eigenvalue weighted by Gasteiger charge is 2.38. The molecule has 0 aromatic carbocycles. The minimum Gasteiger partial charge on any atom is -0.391 e. The maximum absolute atomic E-state index is 13.3. The molecule has 3 aromatic heterocycles. The van der Waals surface area contributed by atoms with E-state index in [-0.39, 0.29) is 94.5 Å². The lowest BCUT2D eigenvalue weighted by Crippen LogP contribution is -2.60. The quantitative estimate of drug-likeness (QED) is 0.0629. The average Bonchev–Trinajstić information content (AvgIpc) is 1.19. The first-order valence-electron chi connectivity index (χ1n) is 38.6. The van der Waals surface area contributed by atoms with Gasteiger partial charge < -0.3 is 122 Å². The zero-order valence-electron chi connectivity index (χ0n) is 69.5. The van der Waals surface area contributed by atoms with Crippen LogP contribution in [0.15, 0.2) is 37.6 Å². The largest absolute Gasteiger partial charge is 0.391 e. The van der Waals surface area contributed by atoms with Crippen molar-refractivity contribution in [1.29, 1.82) is 0 Å². The molecule has 0 spiro atoms. The van der Waals surface area contributed by atoms with Crippen molar-refractivity contribution in [2.75, 3.05) is 57.5 Å². The maximum Gasteiger partial charge on any atom is 0.244 e. The number of amides is 18. The molecule has 6 heterocycles. The monoisotopic (exact) mass is 1830 g/mol. The molecule has 6 rings (SSSR count). The normalized spacial score (nSPS) is 27.3. The standard InChI is InChI=1S/2C25H40N8O7S2.C22H34N8O6S2/c2*1-12(2)20-25(40)32-18(21(26)36)9-41-7-16(35)8-42-10-19(30-14(4)34)24(39)31-17(5-15-6-27-11-28-15)23(38)29-13(3)22(37)33-20;1-10(2)17-22(36)29-15(18(23)32)7-37-38-8-16(27-12(4)31)21(35)28-14(5-13-6-24-9-25-13)20(34)26-11(3)19(33)30-17/h2*6,11-13,16-20,35H,5,7-10H2,1-4H3,(H2,26,36)(H,27,28)(H,29,38)(H,30,34)(H,31,39)(H,32,40)(H,33,37);6,9-11,14-17H,5,7-8H2,1-4H3,(H2,23,32)(H,24,25)(H,26,34)(H,27,31)(H,28,35)(H,29,36)(H,30,33)/t2*13-,16?,17-,18?,19?,20-;11-,14-,15-,16-,17-/m000/s1. The second-order valence-electron chi connectivity index (χ2n) is 29.6. The molecule has 6 unspecified atom stereocenters. The first kappa shape index (κ1) is 104. The molecule has 0 bridgehead atoms. The third-order valence-corrected chi connectivity index (χ3v) is 25.0. The number of hydrogen-bond acceptors (Lipinski definition) is 29. The van der Waals surface area contributed by atoms with Crippen LogP contribution in [0.1, 0.15) is 100 Å². The van der Waals surface area contributed by atoms with Gasteiger partial charge in [-0.2, -0.15) is 47.0 Å². The highest BCUT2D eigenvalue weighted by atomic mass is 33.1. The van der Waals surface area contributed by atoms with E-state index in [1.165, 1.54) is 148 Å². The molecule has 3 aliphatic rings. The fourth-order valence-corrected chi connectivity index (χ4v) is 17.8. The van der Waals surface area contributed by atoms with Crippen molar-refractivity contribution < 1.29 is 96.5 Å². The summed E-state index contributed by atoms with van der Waals surface area (Å²) in [6, 6.07) is -16.0. The van der Waals surface area contributed by atoms with Crippen molar-refractivity contribution >= 4 is 175 Å². The molecule has 678 valence electrons. The Morgan fingerprint density at radius 3 is 0.852 bits per heavy atom. The van der Waals surface area contributed by atoms with Gasteiger partial charge in [-0.25, -0.2) is 15.0 Å². The average molecular weight is 1830 g/mol. The molecule has 18 amide bonds. The van der Waals surface area contributed by atoms with Gasteiger partial charge in [0.25, 0.3) is 0 Å². The van der Waals surface area contributed by atoms with Crippen molar-refractivity contribution in [2.45, 2.75) is 205 Å². The van der Waals surface area contributed by atoms with E-state index in [0.29, 0.717) is 17.1 Å². The lowest BCUT2D eigenvalue weighted by Gasteiger charge is -2.27. The lowest BCUT2D eigenvalue weighted by molar-refractivity contribution is -0.135. The molecule has 122 heavy (non-hydrogen) atoms. The second-order valence-corrected chi connectivity index (χ2v) is 36.4. The number of nitrogens with one attached hydrogen (secondary N) is 18. The Balaban J connectivity index is 0.000000385. The Hall–Kier alpha value is -9.89. The predicted octanol–water partition coefficient (Wildman–Crippen LogP) is -7.25. The number of rotatable bonds is 15. The molecule has 26 N–H and O–H groups in total. The van der Waals surface area contributed by atoms with Crippen molar-refractivity contribution in [2.24, 2.45) is 35.0 Å². The Morgan fingerprint density at radius 1 is 0.352 bits per heavy atom. The van der Waals surface area contributed by atoms with Crippen LogP contribution in [0.3, 0.4) is 0 Å². The van der Waals surface area contributed by atoms with Gasteiger partial charge in [0.2, 0.25) is 106 Å². The van der Waals surface area contributed by atoms with Crippen LogP contribution in [0.4, 0.5) is 0 Å². The summed E-state index contributed by atoms with van der Waals surface area (Å²) < 4.78 is 0. The number of aromatic nitrogens is 6. The first-order valence-corrected chi connectivity index (χ1v) is 45.7. The van der Waals surface area contributed by atoms with Crippen LogP contribution >= 0.6 is 68.6 Å². The lowest BCUT2D eigenvalue weighted by atomic mass is 10.0. The van der Waals surface area contributed by atoms with Crippen LogP contribution in [0, 0.1) is 17.8 Å². The third-order valence-electron chi connectivity index (χ3n) is 17.8. The first-order chi connectivity index (χ1) is 57.4. The Kier molecular flexibility index (Phi) is 45.6. The highest BCUT2D eigenvalue weighted by molar-refractivity contribution is 8.76. The number of aliphatic hydroxyl groups is 2. The number of carbonyl (C=O) groups excluding carboxylic acids is 18. The van der Waals surface area contributed by atoms with Crippen LogP contribution in [-0.4, -0.2) is 307 Å². The minimum atomic E-state index is -1.15. The molecule has 44 nitrogen and oxygen atoms in total. The molecule has 3 aliphatic heterocycles. The van der Waals surface area contributed by atoms with Gasteiger partial charge in [0.1, 0.15) is 90.6 Å². The fourth-order valence-electron chi connectivity index (χ4n) is 11.1. The zero-order chi connectivity index (χ0) is 91.2. The van der Waals surface area contributed by atoms with Gasteiger partial charge in [-0.1, -0.05) is 63.1 Å². The van der Waals surface area contributed by atoms with E-state index in [1.807, 2.05) is 0 Å². The van der Waals surface area contributed by atoms with Crippen LogP contribution in [0.2, 0.25) is 0 Å². The molecule has 3 saturated heterocycles. The summed E-state index contributed by atoms with van der Waals surface area (Å²) in [5.74, 6) is -11.1. The number of aliphatic hydroxyl groups excluding tert-OH is 2. The van der Waals surface area contributed by atoms with Gasteiger partial charge >= 0.3 is 0 Å². The number of primary amides is 3. The van der Waals surface area contributed by atoms with E-state index in [2.05, 4.69) is 110 Å². The fraction of sp³-hybridized carbons (Fsp3) is 0.625. The molecular weight excluding hydrogens is 1710 g/mol. The molecule has 0 radical (unpaired) electrons. The van der Waals surface area contributed by atoms with Crippen LogP contribution in [-0.2, 0) is 106 Å². The number of aromatic amines is 3. The maximum atomic E-state index is 13.3. The molecule has 3 aromatic rings. The highest BCUT2D eigenvalue weighted by Crippen LogP contribution is 2.24. The van der Waals surface area contributed by atoms with Gasteiger partial charge in [-0.3, -0.25) is 86.3 Å². The van der Waals surface area contributed by atoms with Crippen molar-refractivity contribution in [3.63, 3.8) is 0 Å².